The highest BCUT2D eigenvalue weighted by Gasteiger charge is 2.31. The number of nitrogens with one attached hydrogen (secondary N) is 2. The van der Waals surface area contributed by atoms with Gasteiger partial charge in [0.25, 0.3) is 0 Å². The Morgan fingerprint density at radius 3 is 2.37 bits per heavy atom. The van der Waals surface area contributed by atoms with Crippen molar-refractivity contribution >= 4 is 17.5 Å². The number of benzene rings is 1. The summed E-state index contributed by atoms with van der Waals surface area (Å²) in [7, 11) is 1.83. The van der Waals surface area contributed by atoms with Gasteiger partial charge < -0.3 is 10.1 Å². The topological polar surface area (TPSA) is 33.3 Å². The molecule has 0 saturated heterocycles. The number of rotatable bonds is 3. The fourth-order valence-electron chi connectivity index (χ4n) is 1.59. The fourth-order valence-corrected chi connectivity index (χ4v) is 2.43. The van der Waals surface area contributed by atoms with E-state index >= 15 is 0 Å². The van der Waals surface area contributed by atoms with Crippen LogP contribution in [-0.2, 0) is 0 Å². The molecule has 19 heavy (non-hydrogen) atoms. The maximum absolute atomic E-state index is 12.0. The summed E-state index contributed by atoms with van der Waals surface area (Å²) in [6.45, 7) is 1.97. The maximum Gasteiger partial charge on any atom is 0.573 e. The van der Waals surface area contributed by atoms with Crippen molar-refractivity contribution < 1.29 is 17.9 Å². The number of hydrogen-bond acceptors (Lipinski definition) is 4. The van der Waals surface area contributed by atoms with Crippen molar-refractivity contribution in [2.75, 3.05) is 7.05 Å². The van der Waals surface area contributed by atoms with Crippen molar-refractivity contribution in [3.8, 4) is 5.75 Å². The molecule has 1 heterocycles. The van der Waals surface area contributed by atoms with Gasteiger partial charge in [-0.2, -0.15) is 0 Å². The summed E-state index contributed by atoms with van der Waals surface area (Å²) in [6, 6.07) is 5.76. The first-order chi connectivity index (χ1) is 8.81. The largest absolute Gasteiger partial charge is 0.573 e. The normalized spacial score (nSPS) is 22.9. The second kappa shape index (κ2) is 4.97. The zero-order valence-corrected chi connectivity index (χ0v) is 11.2. The van der Waals surface area contributed by atoms with Gasteiger partial charge in [-0.3, -0.25) is 5.32 Å². The van der Waals surface area contributed by atoms with Gasteiger partial charge in [-0.25, -0.2) is 0 Å². The molecule has 1 unspecified atom stereocenters. The molecule has 1 aliphatic heterocycles. The Bertz CT molecular complexity index is 487. The molecule has 104 valence electrons. The average molecular weight is 290 g/mol. The molecule has 3 nitrogen and oxygen atoms in total. The third-order valence-corrected chi connectivity index (χ3v) is 3.79. The Labute approximate surface area is 113 Å². The molecule has 2 rings (SSSR count). The molecular formula is C12H13F3N2OS. The summed E-state index contributed by atoms with van der Waals surface area (Å²) >= 11 is 1.57. The minimum absolute atomic E-state index is 0.223. The van der Waals surface area contributed by atoms with Gasteiger partial charge in [0.2, 0.25) is 0 Å². The van der Waals surface area contributed by atoms with Crippen LogP contribution in [0, 0.1) is 0 Å². The van der Waals surface area contributed by atoms with Crippen molar-refractivity contribution in [3.05, 3.63) is 35.2 Å². The monoisotopic (exact) mass is 290 g/mol. The molecule has 1 aliphatic rings. The molecule has 7 heteroatoms. The first kappa shape index (κ1) is 14.1. The third kappa shape index (κ3) is 3.57. The maximum atomic E-state index is 12.0. The van der Waals surface area contributed by atoms with Gasteiger partial charge in [-0.1, -0.05) is 11.8 Å². The average Bonchev–Trinajstić information content (AvgIpc) is 2.72. The predicted octanol–water partition coefficient (Wildman–Crippen LogP) is 3.11. The summed E-state index contributed by atoms with van der Waals surface area (Å²) in [6.07, 6.45) is -4.66. The number of hydrogen-bond donors (Lipinski definition) is 2. The Morgan fingerprint density at radius 1 is 1.26 bits per heavy atom. The van der Waals surface area contributed by atoms with Crippen LogP contribution in [0.2, 0.25) is 0 Å². The highest BCUT2D eigenvalue weighted by atomic mass is 32.2. The van der Waals surface area contributed by atoms with Crippen LogP contribution in [0.1, 0.15) is 12.5 Å². The molecule has 0 bridgehead atoms. The smallest absolute Gasteiger partial charge is 0.406 e. The van der Waals surface area contributed by atoms with Crippen LogP contribution in [0.25, 0.3) is 5.70 Å². The van der Waals surface area contributed by atoms with Gasteiger partial charge >= 0.3 is 6.36 Å². The number of halogens is 3. The van der Waals surface area contributed by atoms with Crippen LogP contribution < -0.4 is 15.4 Å². The summed E-state index contributed by atoms with van der Waals surface area (Å²) in [5.74, 6) is -0.223. The molecule has 0 saturated carbocycles. The molecular weight excluding hydrogens is 277 g/mol. The summed E-state index contributed by atoms with van der Waals surface area (Å²) < 4.78 is 39.9. The summed E-state index contributed by atoms with van der Waals surface area (Å²) in [4.78, 5) is -0.295. The lowest BCUT2D eigenvalue weighted by Gasteiger charge is -2.24. The van der Waals surface area contributed by atoms with E-state index in [9.17, 15) is 13.2 Å². The lowest BCUT2D eigenvalue weighted by molar-refractivity contribution is -0.274. The molecule has 0 fully saturated rings. The van der Waals surface area contributed by atoms with Crippen molar-refractivity contribution in [2.45, 2.75) is 18.3 Å². The molecule has 1 aromatic carbocycles. The van der Waals surface area contributed by atoms with Crippen molar-refractivity contribution in [1.82, 2.24) is 10.6 Å². The molecule has 0 aliphatic carbocycles. The highest BCUT2D eigenvalue weighted by Crippen LogP contribution is 2.34. The van der Waals surface area contributed by atoms with E-state index in [0.717, 1.165) is 11.3 Å². The van der Waals surface area contributed by atoms with Crippen LogP contribution in [-0.4, -0.2) is 18.4 Å². The predicted molar refractivity (Wildman–Crippen MR) is 69.3 cm³/mol. The lowest BCUT2D eigenvalue weighted by atomic mass is 10.1. The first-order valence-electron chi connectivity index (χ1n) is 5.53. The second-order valence-electron chi connectivity index (χ2n) is 4.13. The van der Waals surface area contributed by atoms with Gasteiger partial charge in [0.1, 0.15) is 10.7 Å². The second-order valence-corrected chi connectivity index (χ2v) is 5.42. The molecule has 0 spiro atoms. The first-order valence-corrected chi connectivity index (χ1v) is 6.40. The zero-order valence-electron chi connectivity index (χ0n) is 10.3. The fraction of sp³-hybridized carbons (Fsp3) is 0.333. The van der Waals surface area contributed by atoms with E-state index in [-0.39, 0.29) is 10.7 Å². The molecule has 0 radical (unpaired) electrons. The van der Waals surface area contributed by atoms with Crippen LogP contribution in [0.15, 0.2) is 29.7 Å². The summed E-state index contributed by atoms with van der Waals surface area (Å²) in [5.41, 5.74) is 1.67. The number of thioether (sulfide) groups is 1. The quantitative estimate of drug-likeness (QED) is 0.896. The minimum Gasteiger partial charge on any atom is -0.406 e. The Hall–Kier alpha value is -1.34. The van der Waals surface area contributed by atoms with E-state index in [1.54, 1.807) is 23.9 Å². The highest BCUT2D eigenvalue weighted by molar-refractivity contribution is 8.03. The van der Waals surface area contributed by atoms with Gasteiger partial charge in [0, 0.05) is 5.70 Å². The van der Waals surface area contributed by atoms with E-state index in [1.165, 1.54) is 12.1 Å². The molecule has 1 atom stereocenters. The van der Waals surface area contributed by atoms with Gasteiger partial charge in [-0.05, 0) is 49.2 Å². The SMILES string of the molecule is CNC1(C)NC(c2ccc(OC(F)(F)F)cc2)=CS1. The van der Waals surface area contributed by atoms with Crippen LogP contribution >= 0.6 is 11.8 Å². The van der Waals surface area contributed by atoms with Crippen LogP contribution in [0.3, 0.4) is 0 Å². The van der Waals surface area contributed by atoms with E-state index in [4.69, 9.17) is 0 Å². The van der Waals surface area contributed by atoms with E-state index in [1.807, 2.05) is 19.4 Å². The third-order valence-electron chi connectivity index (χ3n) is 2.66. The standard InChI is InChI=1S/C12H13F3N2OS/c1-11(16-2)17-10(7-19-11)8-3-5-9(6-4-8)18-12(13,14)15/h3-7,16-17H,1-2H3. The van der Waals surface area contributed by atoms with Gasteiger partial charge in [-0.15, -0.1) is 13.2 Å². The van der Waals surface area contributed by atoms with E-state index in [2.05, 4.69) is 15.4 Å². The summed E-state index contributed by atoms with van der Waals surface area (Å²) in [5, 5.41) is 8.29. The van der Waals surface area contributed by atoms with Crippen LogP contribution in [0.4, 0.5) is 13.2 Å². The van der Waals surface area contributed by atoms with E-state index in [0.29, 0.717) is 0 Å². The minimum atomic E-state index is -4.66. The van der Waals surface area contributed by atoms with Crippen molar-refractivity contribution in [1.29, 1.82) is 0 Å². The van der Waals surface area contributed by atoms with Gasteiger partial charge in [0.05, 0.1) is 0 Å². The Morgan fingerprint density at radius 2 is 1.89 bits per heavy atom. The number of ether oxygens (including phenoxy) is 1. The zero-order chi connectivity index (χ0) is 14.1. The molecule has 0 amide bonds. The van der Waals surface area contributed by atoms with E-state index < -0.39 is 6.36 Å². The van der Waals surface area contributed by atoms with Crippen molar-refractivity contribution in [2.24, 2.45) is 0 Å². The number of alkyl halides is 3. The van der Waals surface area contributed by atoms with Crippen molar-refractivity contribution in [3.63, 3.8) is 0 Å². The Kier molecular flexibility index (Phi) is 3.69. The van der Waals surface area contributed by atoms with Crippen LogP contribution in [0.5, 0.6) is 5.75 Å². The lowest BCUT2D eigenvalue weighted by Crippen LogP contribution is -2.45. The molecule has 2 N–H and O–H groups in total. The Balaban J connectivity index is 2.08. The molecule has 1 aromatic rings. The van der Waals surface area contributed by atoms with Gasteiger partial charge in [0.15, 0.2) is 0 Å². The molecule has 0 aromatic heterocycles.